The molecule has 100 valence electrons. The highest BCUT2D eigenvalue weighted by Gasteiger charge is 2.44. The zero-order chi connectivity index (χ0) is 13.9. The number of carbonyl (C=O) groups is 1. The third-order valence-corrected chi connectivity index (χ3v) is 2.26. The second-order valence-corrected chi connectivity index (χ2v) is 4.05. The summed E-state index contributed by atoms with van der Waals surface area (Å²) in [7, 11) is 1.09. The van der Waals surface area contributed by atoms with Gasteiger partial charge in [-0.1, -0.05) is 15.9 Å². The normalized spacial score (nSPS) is 11.5. The number of hydrogen-bond acceptors (Lipinski definition) is 3. The van der Waals surface area contributed by atoms with Gasteiger partial charge in [0.15, 0.2) is 0 Å². The van der Waals surface area contributed by atoms with Crippen LogP contribution in [0.15, 0.2) is 22.7 Å². The van der Waals surface area contributed by atoms with Gasteiger partial charge in [0.1, 0.15) is 5.75 Å². The molecule has 0 fully saturated rings. The van der Waals surface area contributed by atoms with Crippen LogP contribution in [0.3, 0.4) is 0 Å². The second kappa shape index (κ2) is 5.55. The Morgan fingerprint density at radius 1 is 1.33 bits per heavy atom. The molecule has 0 aliphatic heterocycles. The summed E-state index contributed by atoms with van der Waals surface area (Å²) in [6, 6.07) is 3.19. The van der Waals surface area contributed by atoms with Crippen molar-refractivity contribution in [3.8, 4) is 5.75 Å². The van der Waals surface area contributed by atoms with Gasteiger partial charge >= 0.3 is 18.5 Å². The van der Waals surface area contributed by atoms with Crippen LogP contribution in [0, 0.1) is 0 Å². The zero-order valence-electron chi connectivity index (χ0n) is 8.92. The van der Waals surface area contributed by atoms with Crippen LogP contribution in [0.1, 0.15) is 10.4 Å². The van der Waals surface area contributed by atoms with Crippen molar-refractivity contribution in [2.24, 2.45) is 0 Å². The molecule has 0 aromatic heterocycles. The van der Waals surface area contributed by atoms with E-state index in [1.165, 1.54) is 6.07 Å². The summed E-state index contributed by atoms with van der Waals surface area (Å²) in [4.78, 5) is 11.2. The van der Waals surface area contributed by atoms with Gasteiger partial charge in [0.05, 0.1) is 12.7 Å². The summed E-state index contributed by atoms with van der Waals surface area (Å²) in [5.41, 5.74) is -0.105. The lowest BCUT2D eigenvalue weighted by molar-refractivity contribution is -0.253. The first-order chi connectivity index (χ1) is 8.26. The van der Waals surface area contributed by atoms with Crippen molar-refractivity contribution >= 4 is 21.9 Å². The predicted molar refractivity (Wildman–Crippen MR) is 57.1 cm³/mol. The smallest absolute Gasteiger partial charge is 0.461 e. The van der Waals surface area contributed by atoms with Crippen molar-refractivity contribution in [3.63, 3.8) is 0 Å². The molecule has 1 aromatic rings. The van der Waals surface area contributed by atoms with Crippen LogP contribution < -0.4 is 4.74 Å². The van der Waals surface area contributed by atoms with Crippen LogP contribution in [-0.4, -0.2) is 25.6 Å². The predicted octanol–water partition coefficient (Wildman–Crippen LogP) is 3.47. The van der Waals surface area contributed by atoms with E-state index in [1.807, 2.05) is 0 Å². The van der Waals surface area contributed by atoms with Gasteiger partial charge < -0.3 is 9.47 Å². The van der Waals surface area contributed by atoms with Gasteiger partial charge in [-0.05, 0) is 18.2 Å². The Balaban J connectivity index is 3.04. The Hall–Kier alpha value is -1.31. The minimum absolute atomic E-state index is 0.105. The summed E-state index contributed by atoms with van der Waals surface area (Å²) >= 11 is 2.93. The topological polar surface area (TPSA) is 35.5 Å². The summed E-state index contributed by atoms with van der Waals surface area (Å²) in [6.07, 6.45) is -8.60. The highest BCUT2D eigenvalue weighted by molar-refractivity contribution is 9.10. The van der Waals surface area contributed by atoms with Crippen molar-refractivity contribution in [2.75, 3.05) is 7.11 Å². The summed E-state index contributed by atoms with van der Waals surface area (Å²) < 4.78 is 57.7. The molecule has 0 heterocycles. The lowest BCUT2D eigenvalue weighted by Gasteiger charge is -2.17. The fraction of sp³-hybridized carbons (Fsp3) is 0.300. The third-order valence-electron chi connectivity index (χ3n) is 1.80. The molecule has 18 heavy (non-hydrogen) atoms. The summed E-state index contributed by atoms with van der Waals surface area (Å²) in [5, 5.41) is 0. The molecule has 0 unspecified atom stereocenters. The van der Waals surface area contributed by atoms with Gasteiger partial charge in [-0.2, -0.15) is 17.6 Å². The van der Waals surface area contributed by atoms with Gasteiger partial charge in [-0.25, -0.2) is 4.79 Å². The Labute approximate surface area is 108 Å². The van der Waals surface area contributed by atoms with Crippen molar-refractivity contribution in [3.05, 3.63) is 28.2 Å². The molecular weight excluding hydrogens is 324 g/mol. The standard InChI is InChI=1S/C10H7BrF4O3/c1-17-8(16)5-2-6(11)4-7(3-5)18-10(14,15)9(12)13/h2-4,9H,1H3. The van der Waals surface area contributed by atoms with Crippen LogP contribution in [0.2, 0.25) is 0 Å². The number of carbonyl (C=O) groups excluding carboxylic acids is 1. The SMILES string of the molecule is COC(=O)c1cc(Br)cc(OC(F)(F)C(F)F)c1. The monoisotopic (exact) mass is 330 g/mol. The molecule has 0 saturated heterocycles. The number of methoxy groups -OCH3 is 1. The number of hydrogen-bond donors (Lipinski definition) is 0. The lowest BCUT2D eigenvalue weighted by Crippen LogP contribution is -2.33. The van der Waals surface area contributed by atoms with Crippen molar-refractivity contribution in [2.45, 2.75) is 12.5 Å². The maximum Gasteiger partial charge on any atom is 0.461 e. The molecule has 0 aliphatic rings. The first-order valence-corrected chi connectivity index (χ1v) is 5.29. The fourth-order valence-electron chi connectivity index (χ4n) is 1.06. The van der Waals surface area contributed by atoms with E-state index >= 15 is 0 Å². The van der Waals surface area contributed by atoms with E-state index in [0.717, 1.165) is 19.2 Å². The molecule has 0 bridgehead atoms. The molecular formula is C10H7BrF4O3. The Morgan fingerprint density at radius 3 is 2.44 bits per heavy atom. The molecule has 0 N–H and O–H groups in total. The Kier molecular flexibility index (Phi) is 4.55. The molecule has 8 heteroatoms. The molecule has 1 rings (SSSR count). The van der Waals surface area contributed by atoms with Crippen molar-refractivity contribution in [1.82, 2.24) is 0 Å². The highest BCUT2D eigenvalue weighted by atomic mass is 79.9. The molecule has 0 amide bonds. The number of esters is 1. The van der Waals surface area contributed by atoms with Gasteiger partial charge in [-0.15, -0.1) is 0 Å². The number of rotatable bonds is 4. The third kappa shape index (κ3) is 3.59. The Bertz CT molecular complexity index is 451. The number of halogens is 5. The van der Waals surface area contributed by atoms with Crippen molar-refractivity contribution < 1.29 is 31.8 Å². The largest absolute Gasteiger partial charge is 0.465 e. The van der Waals surface area contributed by atoms with E-state index in [2.05, 4.69) is 25.4 Å². The van der Waals surface area contributed by atoms with Gasteiger partial charge in [0, 0.05) is 4.47 Å². The van der Waals surface area contributed by atoms with Gasteiger partial charge in [0.25, 0.3) is 0 Å². The van der Waals surface area contributed by atoms with Crippen LogP contribution in [0.25, 0.3) is 0 Å². The summed E-state index contributed by atoms with van der Waals surface area (Å²) in [6.45, 7) is 0. The van der Waals surface area contributed by atoms with Gasteiger partial charge in [0.2, 0.25) is 0 Å². The Morgan fingerprint density at radius 2 is 1.94 bits per heavy atom. The molecule has 0 atom stereocenters. The summed E-state index contributed by atoms with van der Waals surface area (Å²) in [5.74, 6) is -1.38. The van der Waals surface area contributed by atoms with Crippen molar-refractivity contribution in [1.29, 1.82) is 0 Å². The second-order valence-electron chi connectivity index (χ2n) is 3.13. The van der Waals surface area contributed by atoms with E-state index in [-0.39, 0.29) is 10.0 Å². The molecule has 3 nitrogen and oxygen atoms in total. The van der Waals surface area contributed by atoms with E-state index in [9.17, 15) is 22.4 Å². The first kappa shape index (κ1) is 14.7. The molecule has 0 aliphatic carbocycles. The quantitative estimate of drug-likeness (QED) is 0.626. The van der Waals surface area contributed by atoms with Gasteiger partial charge in [-0.3, -0.25) is 0 Å². The number of benzene rings is 1. The fourth-order valence-corrected chi connectivity index (χ4v) is 1.53. The minimum atomic E-state index is -4.63. The van der Waals surface area contributed by atoms with E-state index in [1.54, 1.807) is 0 Å². The van der Waals surface area contributed by atoms with E-state index in [4.69, 9.17) is 0 Å². The zero-order valence-corrected chi connectivity index (χ0v) is 10.5. The van der Waals surface area contributed by atoms with E-state index < -0.39 is 24.3 Å². The molecule has 0 saturated carbocycles. The average Bonchev–Trinajstić information content (AvgIpc) is 2.26. The average molecular weight is 331 g/mol. The number of ether oxygens (including phenoxy) is 2. The van der Waals surface area contributed by atoms with E-state index in [0.29, 0.717) is 0 Å². The number of alkyl halides is 4. The van der Waals surface area contributed by atoms with Crippen LogP contribution in [0.5, 0.6) is 5.75 Å². The maximum absolute atomic E-state index is 12.7. The van der Waals surface area contributed by atoms with Crippen LogP contribution >= 0.6 is 15.9 Å². The molecule has 0 spiro atoms. The molecule has 1 aromatic carbocycles. The first-order valence-electron chi connectivity index (χ1n) is 4.50. The molecule has 0 radical (unpaired) electrons. The maximum atomic E-state index is 12.7. The minimum Gasteiger partial charge on any atom is -0.465 e. The van der Waals surface area contributed by atoms with Crippen LogP contribution in [0.4, 0.5) is 17.6 Å². The van der Waals surface area contributed by atoms with Crippen LogP contribution in [-0.2, 0) is 4.74 Å². The lowest BCUT2D eigenvalue weighted by atomic mass is 10.2. The highest BCUT2D eigenvalue weighted by Crippen LogP contribution is 2.30.